The van der Waals surface area contributed by atoms with Gasteiger partial charge in [0.25, 0.3) is 0 Å². The van der Waals surface area contributed by atoms with Crippen molar-refractivity contribution in [1.82, 2.24) is 0 Å². The van der Waals surface area contributed by atoms with E-state index in [0.717, 1.165) is 15.6 Å². The van der Waals surface area contributed by atoms with Gasteiger partial charge in [-0.25, -0.2) is 9.79 Å². The maximum Gasteiger partial charge on any atom is 0.363 e. The first-order chi connectivity index (χ1) is 10.7. The lowest BCUT2D eigenvalue weighted by Gasteiger charge is -1.98. The molecule has 108 valence electrons. The van der Waals surface area contributed by atoms with Crippen molar-refractivity contribution >= 4 is 33.9 Å². The summed E-state index contributed by atoms with van der Waals surface area (Å²) in [5.41, 5.74) is 2.12. The van der Waals surface area contributed by atoms with E-state index in [1.165, 1.54) is 0 Å². The molecule has 1 heterocycles. The fourth-order valence-electron chi connectivity index (χ4n) is 1.95. The number of aliphatic imine (C=N–C) groups is 1. The number of halogens is 1. The van der Waals surface area contributed by atoms with E-state index in [9.17, 15) is 4.79 Å². The molecule has 2 aromatic rings. The predicted octanol–water partition coefficient (Wildman–Crippen LogP) is 4.35. The van der Waals surface area contributed by atoms with E-state index in [4.69, 9.17) is 4.74 Å². The molecule has 3 rings (SSSR count). The zero-order valence-corrected chi connectivity index (χ0v) is 13.2. The minimum Gasteiger partial charge on any atom is -0.402 e. The molecule has 22 heavy (non-hydrogen) atoms. The Morgan fingerprint density at radius 3 is 2.45 bits per heavy atom. The number of nitrogens with zero attached hydrogens (tertiary/aromatic N) is 1. The summed E-state index contributed by atoms with van der Waals surface area (Å²) in [5.74, 6) is -0.104. The molecule has 0 spiro atoms. The van der Waals surface area contributed by atoms with Crippen molar-refractivity contribution in [2.75, 3.05) is 0 Å². The van der Waals surface area contributed by atoms with Gasteiger partial charge in [0.15, 0.2) is 5.70 Å². The molecule has 3 nitrogen and oxygen atoms in total. The first-order valence-electron chi connectivity index (χ1n) is 6.72. The second kappa shape index (κ2) is 6.54. The Morgan fingerprint density at radius 1 is 1.00 bits per heavy atom. The number of ether oxygens (including phenoxy) is 1. The number of hydrogen-bond donors (Lipinski definition) is 0. The Kier molecular flexibility index (Phi) is 4.30. The number of rotatable bonds is 3. The third-order valence-corrected chi connectivity index (χ3v) is 3.58. The van der Waals surface area contributed by atoms with E-state index in [-0.39, 0.29) is 0 Å². The number of allylic oxidation sites excluding steroid dienone is 2. The first-order valence-corrected chi connectivity index (χ1v) is 7.52. The van der Waals surface area contributed by atoms with Gasteiger partial charge in [0, 0.05) is 10.0 Å². The zero-order valence-electron chi connectivity index (χ0n) is 11.6. The molecule has 0 aromatic heterocycles. The van der Waals surface area contributed by atoms with Crippen LogP contribution in [0.3, 0.4) is 0 Å². The van der Waals surface area contributed by atoms with Crippen molar-refractivity contribution in [1.29, 1.82) is 0 Å². The van der Waals surface area contributed by atoms with Gasteiger partial charge in [0.05, 0.1) is 0 Å². The van der Waals surface area contributed by atoms with Gasteiger partial charge in [-0.2, -0.15) is 0 Å². The van der Waals surface area contributed by atoms with Gasteiger partial charge in [-0.3, -0.25) is 0 Å². The van der Waals surface area contributed by atoms with Crippen LogP contribution in [0.5, 0.6) is 0 Å². The molecule has 0 aliphatic carbocycles. The number of hydrogen-bond acceptors (Lipinski definition) is 3. The van der Waals surface area contributed by atoms with Crippen LogP contribution in [0.1, 0.15) is 11.1 Å². The van der Waals surface area contributed by atoms with E-state index in [1.807, 2.05) is 60.7 Å². The molecule has 4 heteroatoms. The molecule has 0 saturated carbocycles. The fourth-order valence-corrected chi connectivity index (χ4v) is 2.22. The van der Waals surface area contributed by atoms with Gasteiger partial charge < -0.3 is 4.74 Å². The largest absolute Gasteiger partial charge is 0.402 e. The van der Waals surface area contributed by atoms with Crippen molar-refractivity contribution in [2.45, 2.75) is 0 Å². The van der Waals surface area contributed by atoms with E-state index >= 15 is 0 Å². The molecule has 1 aliphatic rings. The third-order valence-electron chi connectivity index (χ3n) is 3.05. The summed E-state index contributed by atoms with van der Waals surface area (Å²) in [6.45, 7) is 0. The smallest absolute Gasteiger partial charge is 0.363 e. The summed E-state index contributed by atoms with van der Waals surface area (Å²) in [4.78, 5) is 16.1. The lowest BCUT2D eigenvalue weighted by molar-refractivity contribution is -0.130. The van der Waals surface area contributed by atoms with Crippen LogP contribution in [0.15, 0.2) is 81.9 Å². The van der Waals surface area contributed by atoms with E-state index in [2.05, 4.69) is 20.9 Å². The molecule has 0 radical (unpaired) electrons. The number of carbonyl (C=O) groups is 1. The Morgan fingerprint density at radius 2 is 1.73 bits per heavy atom. The van der Waals surface area contributed by atoms with Crippen LogP contribution in [-0.4, -0.2) is 11.9 Å². The normalized spacial score (nSPS) is 16.1. The second-order valence-electron chi connectivity index (χ2n) is 4.64. The molecule has 1 aliphatic heterocycles. The fraction of sp³-hybridized carbons (Fsp3) is 0. The first kappa shape index (κ1) is 14.5. The summed E-state index contributed by atoms with van der Waals surface area (Å²) >= 11 is 3.37. The Bertz CT molecular complexity index is 774. The standard InChI is InChI=1S/C18H12BrNO2/c19-15-11-9-14(10-12-15)17-20-16(18(21)22-17)8-4-7-13-5-2-1-3-6-13/h1-12H. The maximum absolute atomic E-state index is 11.8. The highest BCUT2D eigenvalue weighted by molar-refractivity contribution is 9.10. The number of cyclic esters (lactones) is 1. The monoisotopic (exact) mass is 353 g/mol. The van der Waals surface area contributed by atoms with Gasteiger partial charge >= 0.3 is 5.97 Å². The van der Waals surface area contributed by atoms with Crippen LogP contribution in [0.4, 0.5) is 0 Å². The molecular formula is C18H12BrNO2. The van der Waals surface area contributed by atoms with Gasteiger partial charge in [0.1, 0.15) is 0 Å². The lowest BCUT2D eigenvalue weighted by atomic mass is 10.2. The molecule has 0 saturated heterocycles. The Hall–Kier alpha value is -2.46. The van der Waals surface area contributed by atoms with Crippen molar-refractivity contribution < 1.29 is 9.53 Å². The molecule has 0 bridgehead atoms. The minimum atomic E-state index is -0.435. The summed E-state index contributed by atoms with van der Waals surface area (Å²) in [6, 6.07) is 17.3. The molecule has 0 atom stereocenters. The van der Waals surface area contributed by atoms with Crippen LogP contribution < -0.4 is 0 Å². The third kappa shape index (κ3) is 3.40. The Labute approximate surface area is 136 Å². The molecule has 0 N–H and O–H groups in total. The van der Waals surface area contributed by atoms with Gasteiger partial charge in [-0.05, 0) is 35.9 Å². The van der Waals surface area contributed by atoms with E-state index < -0.39 is 5.97 Å². The topological polar surface area (TPSA) is 38.7 Å². The Balaban J connectivity index is 1.79. The van der Waals surface area contributed by atoms with E-state index in [0.29, 0.717) is 11.6 Å². The van der Waals surface area contributed by atoms with Crippen molar-refractivity contribution in [2.24, 2.45) is 4.99 Å². The highest BCUT2D eigenvalue weighted by Crippen LogP contribution is 2.18. The van der Waals surface area contributed by atoms with Crippen molar-refractivity contribution in [3.05, 3.63) is 88.0 Å². The second-order valence-corrected chi connectivity index (χ2v) is 5.55. The average Bonchev–Trinajstić information content (AvgIpc) is 2.90. The summed E-state index contributed by atoms with van der Waals surface area (Å²) in [7, 11) is 0. The SMILES string of the molecule is O=C1OC(c2ccc(Br)cc2)=NC1=CC=Cc1ccccc1. The van der Waals surface area contributed by atoms with Crippen molar-refractivity contribution in [3.8, 4) is 0 Å². The zero-order chi connectivity index (χ0) is 15.4. The minimum absolute atomic E-state index is 0.296. The van der Waals surface area contributed by atoms with Crippen LogP contribution in [0.25, 0.3) is 6.08 Å². The van der Waals surface area contributed by atoms with Crippen LogP contribution in [-0.2, 0) is 9.53 Å². The van der Waals surface area contributed by atoms with Gasteiger partial charge in [-0.15, -0.1) is 0 Å². The average molecular weight is 354 g/mol. The lowest BCUT2D eigenvalue weighted by Crippen LogP contribution is -2.04. The molecule has 0 unspecified atom stereocenters. The maximum atomic E-state index is 11.8. The van der Waals surface area contributed by atoms with Gasteiger partial charge in [-0.1, -0.05) is 58.4 Å². The number of esters is 1. The van der Waals surface area contributed by atoms with Crippen LogP contribution in [0, 0.1) is 0 Å². The molecule has 0 fully saturated rings. The van der Waals surface area contributed by atoms with Gasteiger partial charge in [0.2, 0.25) is 5.90 Å². The number of benzene rings is 2. The van der Waals surface area contributed by atoms with Crippen LogP contribution >= 0.6 is 15.9 Å². The molecular weight excluding hydrogens is 342 g/mol. The van der Waals surface area contributed by atoms with Crippen LogP contribution in [0.2, 0.25) is 0 Å². The highest BCUT2D eigenvalue weighted by Gasteiger charge is 2.23. The molecule has 2 aromatic carbocycles. The number of carbonyl (C=O) groups excluding carboxylic acids is 1. The summed E-state index contributed by atoms with van der Waals surface area (Å²) < 4.78 is 6.16. The summed E-state index contributed by atoms with van der Waals surface area (Å²) in [6.07, 6.45) is 5.36. The molecule has 0 amide bonds. The highest BCUT2D eigenvalue weighted by atomic mass is 79.9. The quantitative estimate of drug-likeness (QED) is 0.607. The summed E-state index contributed by atoms with van der Waals surface area (Å²) in [5, 5.41) is 0. The predicted molar refractivity (Wildman–Crippen MR) is 90.3 cm³/mol. The van der Waals surface area contributed by atoms with E-state index in [1.54, 1.807) is 12.2 Å². The van der Waals surface area contributed by atoms with Crippen molar-refractivity contribution in [3.63, 3.8) is 0 Å².